The van der Waals surface area contributed by atoms with E-state index < -0.39 is 11.7 Å². The molecule has 4 heterocycles. The summed E-state index contributed by atoms with van der Waals surface area (Å²) in [6, 6.07) is 11.9. The highest BCUT2D eigenvalue weighted by atomic mass is 19.4. The SMILES string of the molecule is FC(F)(F)c1ccc2nnc([C@H]3CCCN(c4nnnn4-c4ccccc4)C3)n2c1. The van der Waals surface area contributed by atoms with E-state index in [2.05, 4.69) is 25.7 Å². The van der Waals surface area contributed by atoms with Crippen LogP contribution in [0.2, 0.25) is 0 Å². The van der Waals surface area contributed by atoms with Gasteiger partial charge in [0.25, 0.3) is 0 Å². The van der Waals surface area contributed by atoms with Gasteiger partial charge in [-0.1, -0.05) is 23.3 Å². The fraction of sp³-hybridized carbons (Fsp3) is 0.316. The highest BCUT2D eigenvalue weighted by Gasteiger charge is 2.33. The number of pyridine rings is 1. The molecule has 3 aromatic heterocycles. The molecule has 8 nitrogen and oxygen atoms in total. The average Bonchev–Trinajstić information content (AvgIpc) is 3.41. The van der Waals surface area contributed by atoms with Crippen molar-refractivity contribution >= 4 is 11.6 Å². The van der Waals surface area contributed by atoms with Gasteiger partial charge in [0.05, 0.1) is 11.3 Å². The third-order valence-electron chi connectivity index (χ3n) is 5.28. The number of halogens is 3. The van der Waals surface area contributed by atoms with Crippen molar-refractivity contribution in [3.63, 3.8) is 0 Å². The second-order valence-electron chi connectivity index (χ2n) is 7.21. The van der Waals surface area contributed by atoms with Crippen LogP contribution < -0.4 is 4.90 Å². The first-order valence-electron chi connectivity index (χ1n) is 9.51. The van der Waals surface area contributed by atoms with Crippen LogP contribution in [-0.2, 0) is 6.18 Å². The molecule has 0 spiro atoms. The molecule has 0 bridgehead atoms. The standard InChI is InChI=1S/C19H17F3N8/c20-19(21,22)14-8-9-16-23-24-17(29(16)12-14)13-5-4-10-28(11-13)18-25-26-27-30(18)15-6-2-1-3-7-15/h1-3,6-9,12-13H,4-5,10-11H2/t13-/m0/s1. The molecule has 1 saturated heterocycles. The molecule has 1 fully saturated rings. The largest absolute Gasteiger partial charge is 0.417 e. The minimum absolute atomic E-state index is 0.0989. The molecule has 5 rings (SSSR count). The third kappa shape index (κ3) is 3.25. The van der Waals surface area contributed by atoms with Crippen LogP contribution in [0.15, 0.2) is 48.7 Å². The van der Waals surface area contributed by atoms with Gasteiger partial charge in [-0.15, -0.1) is 10.2 Å². The Hall–Kier alpha value is -3.50. The van der Waals surface area contributed by atoms with Gasteiger partial charge in [-0.25, -0.2) is 0 Å². The number of aromatic nitrogens is 7. The van der Waals surface area contributed by atoms with Crippen molar-refractivity contribution in [1.29, 1.82) is 0 Å². The lowest BCUT2D eigenvalue weighted by Gasteiger charge is -2.32. The molecule has 1 aromatic carbocycles. The van der Waals surface area contributed by atoms with Gasteiger partial charge in [-0.3, -0.25) is 4.40 Å². The average molecular weight is 414 g/mol. The van der Waals surface area contributed by atoms with E-state index in [-0.39, 0.29) is 5.92 Å². The Kier molecular flexibility index (Phi) is 4.37. The maximum absolute atomic E-state index is 13.2. The maximum atomic E-state index is 13.2. The quantitative estimate of drug-likeness (QED) is 0.513. The van der Waals surface area contributed by atoms with Crippen molar-refractivity contribution in [1.82, 2.24) is 34.8 Å². The summed E-state index contributed by atoms with van der Waals surface area (Å²) in [4.78, 5) is 2.04. The van der Waals surface area contributed by atoms with Crippen molar-refractivity contribution < 1.29 is 13.2 Å². The number of piperidine rings is 1. The number of alkyl halides is 3. The van der Waals surface area contributed by atoms with Crippen LogP contribution in [0.25, 0.3) is 11.3 Å². The van der Waals surface area contributed by atoms with Crippen LogP contribution in [0, 0.1) is 0 Å². The van der Waals surface area contributed by atoms with Gasteiger partial charge in [-0.05, 0) is 47.5 Å². The molecule has 1 atom stereocenters. The number of tetrazole rings is 1. The number of fused-ring (bicyclic) bond motifs is 1. The molecular weight excluding hydrogens is 397 g/mol. The maximum Gasteiger partial charge on any atom is 0.417 e. The molecular formula is C19H17F3N8. The van der Waals surface area contributed by atoms with Crippen LogP contribution in [-0.4, -0.2) is 47.9 Å². The fourth-order valence-electron chi connectivity index (χ4n) is 3.84. The van der Waals surface area contributed by atoms with E-state index in [0.29, 0.717) is 24.0 Å². The van der Waals surface area contributed by atoms with Gasteiger partial charge in [0.15, 0.2) is 5.65 Å². The summed E-state index contributed by atoms with van der Waals surface area (Å²) in [5.41, 5.74) is 0.503. The van der Waals surface area contributed by atoms with Crippen LogP contribution in [0.1, 0.15) is 30.1 Å². The van der Waals surface area contributed by atoms with Crippen LogP contribution >= 0.6 is 0 Å². The first-order chi connectivity index (χ1) is 14.5. The number of hydrogen-bond acceptors (Lipinski definition) is 6. The first-order valence-corrected chi connectivity index (χ1v) is 9.51. The van der Waals surface area contributed by atoms with Crippen LogP contribution in [0.4, 0.5) is 19.1 Å². The molecule has 1 aliphatic rings. The summed E-state index contributed by atoms with van der Waals surface area (Å²) in [6.07, 6.45) is -1.73. The minimum Gasteiger partial charge on any atom is -0.339 e. The first kappa shape index (κ1) is 18.5. The van der Waals surface area contributed by atoms with Crippen LogP contribution in [0.3, 0.4) is 0 Å². The Morgan fingerprint density at radius 3 is 2.60 bits per heavy atom. The number of hydrogen-bond donors (Lipinski definition) is 0. The van der Waals surface area contributed by atoms with Gasteiger partial charge in [0.2, 0.25) is 5.95 Å². The zero-order chi connectivity index (χ0) is 20.7. The molecule has 0 N–H and O–H groups in total. The Balaban J connectivity index is 1.47. The van der Waals surface area contributed by atoms with E-state index in [1.807, 2.05) is 35.2 Å². The zero-order valence-electron chi connectivity index (χ0n) is 15.7. The van der Waals surface area contributed by atoms with E-state index in [1.165, 1.54) is 10.5 Å². The van der Waals surface area contributed by atoms with E-state index in [0.717, 1.165) is 37.3 Å². The normalized spacial score (nSPS) is 17.6. The number of nitrogens with zero attached hydrogens (tertiary/aromatic N) is 8. The Morgan fingerprint density at radius 1 is 0.967 bits per heavy atom. The molecule has 11 heteroatoms. The Morgan fingerprint density at radius 2 is 1.80 bits per heavy atom. The van der Waals surface area contributed by atoms with Crippen molar-refractivity contribution in [2.45, 2.75) is 24.9 Å². The fourth-order valence-corrected chi connectivity index (χ4v) is 3.84. The lowest BCUT2D eigenvalue weighted by atomic mass is 9.97. The van der Waals surface area contributed by atoms with Gasteiger partial charge < -0.3 is 4.90 Å². The summed E-state index contributed by atoms with van der Waals surface area (Å²) in [6.45, 7) is 1.28. The van der Waals surface area contributed by atoms with Gasteiger partial charge in [-0.2, -0.15) is 17.9 Å². The molecule has 0 unspecified atom stereocenters. The van der Waals surface area contributed by atoms with Crippen molar-refractivity contribution in [3.8, 4) is 5.69 Å². The van der Waals surface area contributed by atoms with E-state index in [9.17, 15) is 13.2 Å². The van der Waals surface area contributed by atoms with Crippen molar-refractivity contribution in [2.24, 2.45) is 0 Å². The molecule has 4 aromatic rings. The van der Waals surface area contributed by atoms with Gasteiger partial charge in [0.1, 0.15) is 5.82 Å². The molecule has 0 radical (unpaired) electrons. The second kappa shape index (κ2) is 7.08. The lowest BCUT2D eigenvalue weighted by molar-refractivity contribution is -0.137. The number of para-hydroxylation sites is 1. The number of rotatable bonds is 3. The predicted molar refractivity (Wildman–Crippen MR) is 101 cm³/mol. The Labute approximate surface area is 168 Å². The van der Waals surface area contributed by atoms with Gasteiger partial charge in [0, 0.05) is 25.2 Å². The molecule has 0 aliphatic carbocycles. The number of benzene rings is 1. The highest BCUT2D eigenvalue weighted by Crippen LogP contribution is 2.32. The summed E-state index contributed by atoms with van der Waals surface area (Å²) < 4.78 is 42.6. The molecule has 0 amide bonds. The van der Waals surface area contributed by atoms with Gasteiger partial charge >= 0.3 is 6.18 Å². The topological polar surface area (TPSA) is 77.0 Å². The molecule has 30 heavy (non-hydrogen) atoms. The zero-order valence-corrected chi connectivity index (χ0v) is 15.7. The monoisotopic (exact) mass is 414 g/mol. The summed E-state index contributed by atoms with van der Waals surface area (Å²) in [5.74, 6) is 1.01. The summed E-state index contributed by atoms with van der Waals surface area (Å²) >= 11 is 0. The minimum atomic E-state index is -4.42. The van der Waals surface area contributed by atoms with E-state index in [1.54, 1.807) is 4.68 Å². The summed E-state index contributed by atoms with van der Waals surface area (Å²) in [7, 11) is 0. The van der Waals surface area contributed by atoms with E-state index >= 15 is 0 Å². The van der Waals surface area contributed by atoms with Crippen molar-refractivity contribution in [2.75, 3.05) is 18.0 Å². The van der Waals surface area contributed by atoms with Crippen molar-refractivity contribution in [3.05, 3.63) is 60.0 Å². The molecule has 154 valence electrons. The second-order valence-corrected chi connectivity index (χ2v) is 7.21. The molecule has 1 aliphatic heterocycles. The Bertz CT molecular complexity index is 1170. The third-order valence-corrected chi connectivity index (χ3v) is 5.28. The smallest absolute Gasteiger partial charge is 0.339 e. The molecule has 0 saturated carbocycles. The number of anilines is 1. The summed E-state index contributed by atoms with van der Waals surface area (Å²) in [5, 5.41) is 20.3. The van der Waals surface area contributed by atoms with E-state index in [4.69, 9.17) is 0 Å². The lowest BCUT2D eigenvalue weighted by Crippen LogP contribution is -2.36. The van der Waals surface area contributed by atoms with Crippen LogP contribution in [0.5, 0.6) is 0 Å². The highest BCUT2D eigenvalue weighted by molar-refractivity contribution is 5.43. The predicted octanol–water partition coefficient (Wildman–Crippen LogP) is 3.11.